The van der Waals surface area contributed by atoms with Crippen LogP contribution in [0.15, 0.2) is 53.6 Å². The Hall–Kier alpha value is -4.68. The molecule has 4 heterocycles. The number of methoxy groups -OCH3 is 1. The van der Waals surface area contributed by atoms with E-state index in [-0.39, 0.29) is 42.8 Å². The largest absolute Gasteiger partial charge is 0.493 e. The van der Waals surface area contributed by atoms with E-state index >= 15 is 0 Å². The van der Waals surface area contributed by atoms with Crippen LogP contribution in [0.25, 0.3) is 0 Å². The number of hydrogen-bond acceptors (Lipinski definition) is 9. The van der Waals surface area contributed by atoms with Crippen LogP contribution in [0.4, 0.5) is 11.4 Å². The number of rotatable bonds is 14. The number of carbonyl (C=O) groups is 3. The van der Waals surface area contributed by atoms with E-state index < -0.39 is 0 Å². The van der Waals surface area contributed by atoms with Gasteiger partial charge in [-0.3, -0.25) is 19.4 Å². The van der Waals surface area contributed by atoms with Gasteiger partial charge in [-0.15, -0.1) is 0 Å². The van der Waals surface area contributed by atoms with Crippen molar-refractivity contribution in [2.45, 2.75) is 57.5 Å². The minimum absolute atomic E-state index is 0.0799. The molecule has 0 saturated carbocycles. The zero-order valence-electron chi connectivity index (χ0n) is 29.1. The molecule has 4 aliphatic heterocycles. The Labute approximate surface area is 293 Å². The van der Waals surface area contributed by atoms with E-state index in [0.29, 0.717) is 92.2 Å². The average Bonchev–Trinajstić information content (AvgIpc) is 3.61. The molecule has 12 heteroatoms. The summed E-state index contributed by atoms with van der Waals surface area (Å²) in [7, 11) is 1.56. The van der Waals surface area contributed by atoms with Gasteiger partial charge in [0.2, 0.25) is 5.91 Å². The Kier molecular flexibility index (Phi) is 10.9. The maximum absolute atomic E-state index is 13.7. The van der Waals surface area contributed by atoms with Crippen LogP contribution in [0.2, 0.25) is 0 Å². The highest BCUT2D eigenvalue weighted by Crippen LogP contribution is 2.39. The number of aryl methyl sites for hydroxylation is 1. The maximum Gasteiger partial charge on any atom is 0.257 e. The summed E-state index contributed by atoms with van der Waals surface area (Å²) >= 11 is 0. The third-order valence-electron chi connectivity index (χ3n) is 9.61. The SMILES string of the molecule is C=C1C[C@H]2CN(C(=O)CCOCCN)c3cc(OCCCCCOc4cc5c(cc4OC)C(=O)N4CC(=C)C[C@H]4C=N5)c(C)cc3C(=O)N2C1. The molecule has 2 fully saturated rings. The molecule has 0 bridgehead atoms. The summed E-state index contributed by atoms with van der Waals surface area (Å²) in [4.78, 5) is 50.3. The molecule has 6 rings (SSSR count). The highest BCUT2D eigenvalue weighted by Gasteiger charge is 2.40. The van der Waals surface area contributed by atoms with Gasteiger partial charge in [0.25, 0.3) is 11.8 Å². The molecule has 3 amide bonds. The Balaban J connectivity index is 1.05. The van der Waals surface area contributed by atoms with Crippen LogP contribution in [-0.2, 0) is 9.53 Å². The molecule has 0 aliphatic carbocycles. The maximum atomic E-state index is 13.7. The van der Waals surface area contributed by atoms with Crippen molar-refractivity contribution in [1.82, 2.24) is 9.80 Å². The number of hydrogen-bond donors (Lipinski definition) is 1. The third-order valence-corrected chi connectivity index (χ3v) is 9.61. The molecule has 2 N–H and O–H groups in total. The molecule has 266 valence electrons. The first kappa shape index (κ1) is 35.2. The summed E-state index contributed by atoms with van der Waals surface area (Å²) in [6.45, 7) is 13.4. The van der Waals surface area contributed by atoms with Gasteiger partial charge in [-0.2, -0.15) is 0 Å². The van der Waals surface area contributed by atoms with Crippen LogP contribution in [0.1, 0.15) is 64.8 Å². The van der Waals surface area contributed by atoms with Crippen molar-refractivity contribution in [2.75, 3.05) is 64.6 Å². The second kappa shape index (κ2) is 15.5. The molecule has 0 unspecified atom stereocenters. The number of nitrogens with two attached hydrogens (primary N) is 1. The van der Waals surface area contributed by atoms with E-state index in [1.54, 1.807) is 29.0 Å². The number of amides is 3. The van der Waals surface area contributed by atoms with Crippen molar-refractivity contribution in [1.29, 1.82) is 0 Å². The Morgan fingerprint density at radius 3 is 2.36 bits per heavy atom. The molecular formula is C38H47N5O7. The van der Waals surface area contributed by atoms with E-state index in [2.05, 4.69) is 18.2 Å². The molecular weight excluding hydrogens is 638 g/mol. The molecule has 12 nitrogen and oxygen atoms in total. The Morgan fingerprint density at radius 2 is 1.60 bits per heavy atom. The third kappa shape index (κ3) is 7.41. The second-order valence-corrected chi connectivity index (χ2v) is 13.3. The minimum Gasteiger partial charge on any atom is -0.493 e. The lowest BCUT2D eigenvalue weighted by molar-refractivity contribution is -0.119. The standard InChI is InChI=1S/C38H47N5O7/c1-24-14-27-20-40-31-18-35(34(47-4)17-29(31)37(45)41(27)21-24)50-11-7-5-6-10-49-33-19-32-30(16-26(33)3)38(46)42-22-25(2)15-28(42)23-43(32)36(44)8-12-48-13-9-39/h16-20,27-28H,1-2,5-15,21-23,39H2,3-4H3/t27-,28-/m0/s1. The van der Waals surface area contributed by atoms with Gasteiger partial charge in [0.1, 0.15) is 5.75 Å². The van der Waals surface area contributed by atoms with Gasteiger partial charge in [-0.1, -0.05) is 24.3 Å². The quantitative estimate of drug-likeness (QED) is 0.225. The molecule has 0 aromatic heterocycles. The highest BCUT2D eigenvalue weighted by atomic mass is 16.5. The molecule has 2 aromatic carbocycles. The van der Waals surface area contributed by atoms with Gasteiger partial charge in [-0.25, -0.2) is 0 Å². The van der Waals surface area contributed by atoms with Crippen molar-refractivity contribution >= 4 is 35.3 Å². The molecule has 50 heavy (non-hydrogen) atoms. The second-order valence-electron chi connectivity index (χ2n) is 13.3. The van der Waals surface area contributed by atoms with Gasteiger partial charge in [0, 0.05) is 44.5 Å². The van der Waals surface area contributed by atoms with Crippen LogP contribution in [-0.4, -0.2) is 106 Å². The average molecular weight is 686 g/mol. The van der Waals surface area contributed by atoms with Crippen LogP contribution < -0.4 is 24.8 Å². The number of ether oxygens (including phenoxy) is 4. The zero-order valence-corrected chi connectivity index (χ0v) is 29.1. The van der Waals surface area contributed by atoms with Gasteiger partial charge in [-0.05, 0) is 56.7 Å². The molecule has 4 aliphatic rings. The monoisotopic (exact) mass is 685 g/mol. The summed E-state index contributed by atoms with van der Waals surface area (Å²) in [5.41, 5.74) is 10.5. The highest BCUT2D eigenvalue weighted by molar-refractivity contribution is 6.07. The molecule has 0 spiro atoms. The van der Waals surface area contributed by atoms with E-state index in [0.717, 1.165) is 42.4 Å². The number of nitrogens with zero attached hydrogens (tertiary/aromatic N) is 4. The van der Waals surface area contributed by atoms with Crippen LogP contribution in [0.3, 0.4) is 0 Å². The zero-order chi connectivity index (χ0) is 35.4. The first-order valence-electron chi connectivity index (χ1n) is 17.4. The molecule has 2 saturated heterocycles. The summed E-state index contributed by atoms with van der Waals surface area (Å²) in [5.74, 6) is 1.40. The number of anilines is 1. The van der Waals surface area contributed by atoms with Gasteiger partial charge < -0.3 is 39.4 Å². The van der Waals surface area contributed by atoms with Crippen LogP contribution in [0, 0.1) is 6.92 Å². The fraction of sp³-hybridized carbons (Fsp3) is 0.474. The first-order chi connectivity index (χ1) is 24.2. The topological polar surface area (TPSA) is 136 Å². The lowest BCUT2D eigenvalue weighted by Gasteiger charge is -2.26. The fourth-order valence-electron chi connectivity index (χ4n) is 7.04. The van der Waals surface area contributed by atoms with Crippen molar-refractivity contribution in [3.05, 3.63) is 65.3 Å². The summed E-state index contributed by atoms with van der Waals surface area (Å²) in [5, 5.41) is 0. The van der Waals surface area contributed by atoms with Gasteiger partial charge >= 0.3 is 0 Å². The Morgan fingerprint density at radius 1 is 0.880 bits per heavy atom. The lowest BCUT2D eigenvalue weighted by atomic mass is 10.1. The Bertz CT molecular complexity index is 1700. The van der Waals surface area contributed by atoms with E-state index in [4.69, 9.17) is 24.7 Å². The van der Waals surface area contributed by atoms with E-state index in [9.17, 15) is 14.4 Å². The van der Waals surface area contributed by atoms with E-state index in [1.807, 2.05) is 30.2 Å². The predicted molar refractivity (Wildman–Crippen MR) is 191 cm³/mol. The fourth-order valence-corrected chi connectivity index (χ4v) is 7.04. The molecule has 2 atom stereocenters. The summed E-state index contributed by atoms with van der Waals surface area (Å²) < 4.78 is 23.4. The number of fused-ring (bicyclic) bond motifs is 4. The van der Waals surface area contributed by atoms with Crippen molar-refractivity contribution in [2.24, 2.45) is 10.7 Å². The lowest BCUT2D eigenvalue weighted by Crippen LogP contribution is -2.42. The predicted octanol–water partition coefficient (Wildman–Crippen LogP) is 4.60. The number of benzene rings is 2. The van der Waals surface area contributed by atoms with Gasteiger partial charge in [0.15, 0.2) is 11.5 Å². The number of unbranched alkanes of at least 4 members (excludes halogenated alkanes) is 2. The van der Waals surface area contributed by atoms with Crippen molar-refractivity contribution in [3.8, 4) is 17.2 Å². The number of aliphatic imine (C=N–C) groups is 1. The molecule has 2 aromatic rings. The van der Waals surface area contributed by atoms with Crippen molar-refractivity contribution in [3.63, 3.8) is 0 Å². The smallest absolute Gasteiger partial charge is 0.257 e. The number of carbonyl (C=O) groups excluding carboxylic acids is 3. The molecule has 0 radical (unpaired) electrons. The summed E-state index contributed by atoms with van der Waals surface area (Å²) in [6.07, 6.45) is 5.80. The normalized spacial score (nSPS) is 19.5. The summed E-state index contributed by atoms with van der Waals surface area (Å²) in [6, 6.07) is 6.95. The minimum atomic E-state index is -0.122. The van der Waals surface area contributed by atoms with Crippen LogP contribution in [0.5, 0.6) is 17.2 Å². The van der Waals surface area contributed by atoms with Gasteiger partial charge in [0.05, 0.1) is 74.5 Å². The first-order valence-corrected chi connectivity index (χ1v) is 17.4. The van der Waals surface area contributed by atoms with E-state index in [1.165, 1.54) is 0 Å². The van der Waals surface area contributed by atoms with Crippen LogP contribution >= 0.6 is 0 Å². The van der Waals surface area contributed by atoms with Crippen molar-refractivity contribution < 1.29 is 33.3 Å².